The molecule has 0 aromatic heterocycles. The first-order valence-electron chi connectivity index (χ1n) is 5.96. The fourth-order valence-electron chi connectivity index (χ4n) is 2.38. The van der Waals surface area contributed by atoms with Crippen molar-refractivity contribution < 1.29 is 4.79 Å². The van der Waals surface area contributed by atoms with E-state index in [4.69, 9.17) is 0 Å². The number of hydrogen-bond donors (Lipinski definition) is 0. The van der Waals surface area contributed by atoms with Crippen LogP contribution in [-0.2, 0) is 11.2 Å². The van der Waals surface area contributed by atoms with Crippen molar-refractivity contribution in [1.29, 1.82) is 0 Å². The number of nitrogens with zero attached hydrogens (tertiary/aromatic N) is 1. The number of rotatable bonds is 1. The van der Waals surface area contributed by atoms with E-state index in [9.17, 15) is 4.79 Å². The van der Waals surface area contributed by atoms with E-state index in [0.29, 0.717) is 0 Å². The molecule has 2 rings (SSSR count). The van der Waals surface area contributed by atoms with Gasteiger partial charge in [0.25, 0.3) is 0 Å². The Morgan fingerprint density at radius 1 is 1.35 bits per heavy atom. The maximum absolute atomic E-state index is 11.4. The molecular weight excluding hydrogens is 210 g/mol. The Hall–Kier alpha value is -1.57. The number of fused-ring (bicyclic) bond motifs is 1. The summed E-state index contributed by atoms with van der Waals surface area (Å²) in [4.78, 5) is 13.6. The van der Waals surface area contributed by atoms with Crippen molar-refractivity contribution >= 4 is 11.5 Å². The van der Waals surface area contributed by atoms with Gasteiger partial charge in [0.05, 0.1) is 0 Å². The highest BCUT2D eigenvalue weighted by Crippen LogP contribution is 2.36. The Morgan fingerprint density at radius 2 is 2.00 bits per heavy atom. The van der Waals surface area contributed by atoms with Gasteiger partial charge in [-0.15, -0.1) is 0 Å². The second kappa shape index (κ2) is 4.02. The minimum Gasteiger partial charge on any atom is -0.369 e. The van der Waals surface area contributed by atoms with Crippen molar-refractivity contribution in [3.63, 3.8) is 0 Å². The van der Waals surface area contributed by atoms with Gasteiger partial charge in [-0.3, -0.25) is 4.79 Å². The first-order valence-corrected chi connectivity index (χ1v) is 5.96. The normalized spacial score (nSPS) is 20.2. The number of benzene rings is 1. The standard InChI is InChI=1S/C15H19NO/c1-11(17)9-14-13-8-6-5-7-12(13)10-15(2,3)16(14)4/h5-9H,10H2,1-4H3/b14-9-. The Balaban J connectivity index is 2.60. The van der Waals surface area contributed by atoms with Gasteiger partial charge in [0, 0.05) is 29.9 Å². The number of carbonyl (C=O) groups excluding carboxylic acids is 1. The molecule has 0 radical (unpaired) electrons. The summed E-state index contributed by atoms with van der Waals surface area (Å²) in [6, 6.07) is 8.33. The summed E-state index contributed by atoms with van der Waals surface area (Å²) in [7, 11) is 2.06. The van der Waals surface area contributed by atoms with Crippen LogP contribution in [0.2, 0.25) is 0 Å². The third-order valence-electron chi connectivity index (χ3n) is 3.53. The van der Waals surface area contributed by atoms with Gasteiger partial charge in [0.1, 0.15) is 0 Å². The molecule has 0 saturated carbocycles. The largest absolute Gasteiger partial charge is 0.369 e. The average molecular weight is 229 g/mol. The molecule has 1 aliphatic rings. The molecule has 1 heterocycles. The lowest BCUT2D eigenvalue weighted by Gasteiger charge is -2.44. The second-order valence-electron chi connectivity index (χ2n) is 5.35. The van der Waals surface area contributed by atoms with Gasteiger partial charge < -0.3 is 4.90 Å². The molecule has 0 N–H and O–H groups in total. The van der Waals surface area contributed by atoms with Crippen LogP contribution >= 0.6 is 0 Å². The van der Waals surface area contributed by atoms with Gasteiger partial charge in [-0.25, -0.2) is 0 Å². The van der Waals surface area contributed by atoms with E-state index in [1.807, 2.05) is 6.07 Å². The quantitative estimate of drug-likeness (QED) is 0.690. The molecule has 1 aliphatic heterocycles. The van der Waals surface area contributed by atoms with Crippen molar-refractivity contribution in [3.05, 3.63) is 41.5 Å². The van der Waals surface area contributed by atoms with E-state index < -0.39 is 0 Å². The highest BCUT2D eigenvalue weighted by molar-refractivity contribution is 5.95. The summed E-state index contributed by atoms with van der Waals surface area (Å²) >= 11 is 0. The average Bonchev–Trinajstić information content (AvgIpc) is 2.24. The summed E-state index contributed by atoms with van der Waals surface area (Å²) in [5.41, 5.74) is 3.59. The predicted octanol–water partition coefficient (Wildman–Crippen LogP) is 2.88. The Bertz CT molecular complexity index is 485. The molecule has 0 amide bonds. The van der Waals surface area contributed by atoms with Gasteiger partial charge in [0.15, 0.2) is 5.78 Å². The number of likely N-dealkylation sites (N-methyl/N-ethyl adjacent to an activating group) is 1. The zero-order valence-corrected chi connectivity index (χ0v) is 10.9. The van der Waals surface area contributed by atoms with Gasteiger partial charge in [0.2, 0.25) is 0 Å². The molecule has 1 aromatic rings. The molecule has 0 aliphatic carbocycles. The minimum atomic E-state index is 0.0512. The third-order valence-corrected chi connectivity index (χ3v) is 3.53. The molecular formula is C15H19NO. The highest BCUT2D eigenvalue weighted by Gasteiger charge is 2.32. The molecule has 0 fully saturated rings. The zero-order valence-electron chi connectivity index (χ0n) is 10.9. The van der Waals surface area contributed by atoms with Crippen molar-refractivity contribution in [2.24, 2.45) is 0 Å². The van der Waals surface area contributed by atoms with Crippen LogP contribution in [0, 0.1) is 0 Å². The number of allylic oxidation sites excluding steroid dienone is 1. The van der Waals surface area contributed by atoms with Crippen molar-refractivity contribution in [2.75, 3.05) is 7.05 Å². The SMILES string of the molecule is CC(=O)/C=C1/c2ccccc2CC(C)(C)N1C. The fourth-order valence-corrected chi connectivity index (χ4v) is 2.38. The molecule has 0 atom stereocenters. The van der Waals surface area contributed by atoms with Crippen LogP contribution in [0.1, 0.15) is 31.9 Å². The van der Waals surface area contributed by atoms with Crippen LogP contribution in [-0.4, -0.2) is 23.3 Å². The Kier molecular flexibility index (Phi) is 2.82. The van der Waals surface area contributed by atoms with E-state index in [1.165, 1.54) is 11.1 Å². The molecule has 90 valence electrons. The maximum atomic E-state index is 11.4. The van der Waals surface area contributed by atoms with Gasteiger partial charge >= 0.3 is 0 Å². The summed E-state index contributed by atoms with van der Waals surface area (Å²) < 4.78 is 0. The molecule has 1 aromatic carbocycles. The molecule has 0 bridgehead atoms. The van der Waals surface area contributed by atoms with Crippen molar-refractivity contribution in [1.82, 2.24) is 4.90 Å². The van der Waals surface area contributed by atoms with E-state index in [-0.39, 0.29) is 11.3 Å². The fraction of sp³-hybridized carbons (Fsp3) is 0.400. The van der Waals surface area contributed by atoms with E-state index >= 15 is 0 Å². The lowest BCUT2D eigenvalue weighted by molar-refractivity contribution is -0.112. The molecule has 2 nitrogen and oxygen atoms in total. The third kappa shape index (κ3) is 2.12. The topological polar surface area (TPSA) is 20.3 Å². The van der Waals surface area contributed by atoms with Crippen molar-refractivity contribution in [3.8, 4) is 0 Å². The Morgan fingerprint density at radius 3 is 2.65 bits per heavy atom. The van der Waals surface area contributed by atoms with Gasteiger partial charge in [-0.2, -0.15) is 0 Å². The van der Waals surface area contributed by atoms with E-state index in [1.54, 1.807) is 13.0 Å². The lowest BCUT2D eigenvalue weighted by Crippen LogP contribution is -2.45. The predicted molar refractivity (Wildman–Crippen MR) is 70.6 cm³/mol. The van der Waals surface area contributed by atoms with Crippen LogP contribution in [0.3, 0.4) is 0 Å². The summed E-state index contributed by atoms with van der Waals surface area (Å²) in [6.45, 7) is 6.01. The van der Waals surface area contributed by atoms with E-state index in [2.05, 4.69) is 44.0 Å². The highest BCUT2D eigenvalue weighted by atomic mass is 16.1. The molecule has 17 heavy (non-hydrogen) atoms. The molecule has 0 saturated heterocycles. The van der Waals surface area contributed by atoms with Crippen LogP contribution in [0.4, 0.5) is 0 Å². The van der Waals surface area contributed by atoms with Crippen LogP contribution in [0.5, 0.6) is 0 Å². The van der Waals surface area contributed by atoms with Crippen LogP contribution < -0.4 is 0 Å². The number of hydrogen-bond acceptors (Lipinski definition) is 2. The first-order chi connectivity index (χ1) is 7.92. The summed E-state index contributed by atoms with van der Waals surface area (Å²) in [6.07, 6.45) is 2.74. The minimum absolute atomic E-state index is 0.0512. The van der Waals surface area contributed by atoms with Gasteiger partial charge in [-0.1, -0.05) is 24.3 Å². The van der Waals surface area contributed by atoms with Crippen LogP contribution in [0.25, 0.3) is 5.70 Å². The molecule has 2 heteroatoms. The van der Waals surface area contributed by atoms with Crippen molar-refractivity contribution in [2.45, 2.75) is 32.7 Å². The first kappa shape index (κ1) is 11.9. The maximum Gasteiger partial charge on any atom is 0.154 e. The summed E-state index contributed by atoms with van der Waals surface area (Å²) in [5, 5.41) is 0. The zero-order chi connectivity index (χ0) is 12.6. The second-order valence-corrected chi connectivity index (χ2v) is 5.35. The van der Waals surface area contributed by atoms with Gasteiger partial charge in [-0.05, 0) is 32.8 Å². The number of carbonyl (C=O) groups is 1. The molecule has 0 unspecified atom stereocenters. The smallest absolute Gasteiger partial charge is 0.154 e. The van der Waals surface area contributed by atoms with E-state index in [0.717, 1.165) is 12.1 Å². The monoisotopic (exact) mass is 229 g/mol. The number of ketones is 1. The lowest BCUT2D eigenvalue weighted by atomic mass is 9.84. The Labute approximate surface area is 103 Å². The van der Waals surface area contributed by atoms with Crippen LogP contribution in [0.15, 0.2) is 30.3 Å². The summed E-state index contributed by atoms with van der Waals surface area (Å²) in [5.74, 6) is 0.0966. The molecule has 0 spiro atoms.